The monoisotopic (exact) mass is 353 g/mol. The molecule has 0 spiro atoms. The molecule has 1 aliphatic carbocycles. The zero-order valence-corrected chi connectivity index (χ0v) is 15.1. The lowest BCUT2D eigenvalue weighted by Gasteiger charge is -2.12. The highest BCUT2D eigenvalue weighted by Gasteiger charge is 2.28. The molecule has 0 saturated heterocycles. The average molecular weight is 353 g/mol. The molecule has 1 unspecified atom stereocenters. The molecule has 4 N–H and O–H groups in total. The first-order valence-electron chi connectivity index (χ1n) is 8.41. The molecule has 1 fully saturated rings. The second kappa shape index (κ2) is 8.09. The lowest BCUT2D eigenvalue weighted by Crippen LogP contribution is -2.39. The van der Waals surface area contributed by atoms with Gasteiger partial charge in [0.2, 0.25) is 15.9 Å². The van der Waals surface area contributed by atoms with E-state index in [1.165, 1.54) is 0 Å². The fourth-order valence-electron chi connectivity index (χ4n) is 2.43. The Balaban J connectivity index is 1.76. The molecule has 0 heterocycles. The SMILES string of the molecule is CC(C)c1ccc(S(=O)(=O)NCCC(=O)NCC(N)C2CC2)cc1. The number of benzene rings is 1. The highest BCUT2D eigenvalue weighted by molar-refractivity contribution is 7.89. The summed E-state index contributed by atoms with van der Waals surface area (Å²) in [6.07, 6.45) is 2.36. The number of nitrogens with two attached hydrogens (primary N) is 1. The van der Waals surface area contributed by atoms with Crippen LogP contribution in [0.3, 0.4) is 0 Å². The molecule has 1 atom stereocenters. The van der Waals surface area contributed by atoms with Crippen molar-refractivity contribution >= 4 is 15.9 Å². The van der Waals surface area contributed by atoms with E-state index in [-0.39, 0.29) is 29.8 Å². The Hall–Kier alpha value is -1.44. The Labute approximate surface area is 144 Å². The Kier molecular flexibility index (Phi) is 6.37. The van der Waals surface area contributed by atoms with Crippen molar-refractivity contribution in [1.29, 1.82) is 0 Å². The minimum Gasteiger partial charge on any atom is -0.354 e. The van der Waals surface area contributed by atoms with Crippen molar-refractivity contribution in [2.75, 3.05) is 13.1 Å². The van der Waals surface area contributed by atoms with Gasteiger partial charge < -0.3 is 11.1 Å². The van der Waals surface area contributed by atoms with E-state index in [1.54, 1.807) is 12.1 Å². The maximum Gasteiger partial charge on any atom is 0.240 e. The fraction of sp³-hybridized carbons (Fsp3) is 0.588. The number of hydrogen-bond donors (Lipinski definition) is 3. The predicted molar refractivity (Wildman–Crippen MR) is 94.0 cm³/mol. The lowest BCUT2D eigenvalue weighted by molar-refractivity contribution is -0.121. The number of sulfonamides is 1. The van der Waals surface area contributed by atoms with Gasteiger partial charge in [-0.05, 0) is 42.4 Å². The molecule has 134 valence electrons. The molecule has 0 aromatic heterocycles. The van der Waals surface area contributed by atoms with E-state index >= 15 is 0 Å². The molecule has 1 aromatic carbocycles. The van der Waals surface area contributed by atoms with Crippen LogP contribution in [-0.2, 0) is 14.8 Å². The van der Waals surface area contributed by atoms with Gasteiger partial charge in [-0.25, -0.2) is 13.1 Å². The molecule has 2 rings (SSSR count). The number of amides is 1. The Bertz CT molecular complexity index is 652. The third-order valence-electron chi connectivity index (χ3n) is 4.26. The molecule has 0 radical (unpaired) electrons. The number of nitrogens with one attached hydrogen (secondary N) is 2. The minimum absolute atomic E-state index is 0.00473. The van der Waals surface area contributed by atoms with Gasteiger partial charge in [-0.1, -0.05) is 26.0 Å². The first-order valence-corrected chi connectivity index (χ1v) is 9.90. The van der Waals surface area contributed by atoms with Crippen LogP contribution in [0.5, 0.6) is 0 Å². The molecule has 1 saturated carbocycles. The fourth-order valence-corrected chi connectivity index (χ4v) is 3.46. The Morgan fingerprint density at radius 2 is 1.88 bits per heavy atom. The van der Waals surface area contributed by atoms with E-state index in [0.717, 1.165) is 18.4 Å². The van der Waals surface area contributed by atoms with E-state index in [4.69, 9.17) is 5.73 Å². The van der Waals surface area contributed by atoms with Crippen LogP contribution in [0.15, 0.2) is 29.2 Å². The summed E-state index contributed by atoms with van der Waals surface area (Å²) in [4.78, 5) is 11.9. The van der Waals surface area contributed by atoms with Crippen LogP contribution in [0.2, 0.25) is 0 Å². The van der Waals surface area contributed by atoms with Gasteiger partial charge in [-0.3, -0.25) is 4.79 Å². The standard InChI is InChI=1S/C17H27N3O3S/c1-12(2)13-5-7-15(8-6-13)24(22,23)20-10-9-17(21)19-11-16(18)14-3-4-14/h5-8,12,14,16,20H,3-4,9-11,18H2,1-2H3,(H,19,21). The molecule has 7 heteroatoms. The van der Waals surface area contributed by atoms with Crippen molar-refractivity contribution in [3.8, 4) is 0 Å². The zero-order valence-electron chi connectivity index (χ0n) is 14.3. The van der Waals surface area contributed by atoms with Crippen LogP contribution < -0.4 is 15.8 Å². The van der Waals surface area contributed by atoms with E-state index in [0.29, 0.717) is 18.4 Å². The van der Waals surface area contributed by atoms with Crippen LogP contribution in [0.25, 0.3) is 0 Å². The Morgan fingerprint density at radius 3 is 2.42 bits per heavy atom. The van der Waals surface area contributed by atoms with Crippen LogP contribution in [0.1, 0.15) is 44.6 Å². The number of carbonyl (C=O) groups is 1. The molecular formula is C17H27N3O3S. The van der Waals surface area contributed by atoms with Crippen LogP contribution in [-0.4, -0.2) is 33.5 Å². The van der Waals surface area contributed by atoms with Crippen molar-refractivity contribution in [1.82, 2.24) is 10.0 Å². The highest BCUT2D eigenvalue weighted by atomic mass is 32.2. The van der Waals surface area contributed by atoms with Crippen molar-refractivity contribution in [3.63, 3.8) is 0 Å². The van der Waals surface area contributed by atoms with E-state index in [2.05, 4.69) is 23.9 Å². The van der Waals surface area contributed by atoms with Crippen LogP contribution in [0.4, 0.5) is 0 Å². The molecular weight excluding hydrogens is 326 g/mol. The van der Waals surface area contributed by atoms with Gasteiger partial charge in [0, 0.05) is 25.6 Å². The third kappa shape index (κ3) is 5.58. The molecule has 0 bridgehead atoms. The molecule has 1 amide bonds. The summed E-state index contributed by atoms with van der Waals surface area (Å²) >= 11 is 0. The third-order valence-corrected chi connectivity index (χ3v) is 5.74. The summed E-state index contributed by atoms with van der Waals surface area (Å²) in [7, 11) is -3.59. The second-order valence-corrected chi connectivity index (χ2v) is 8.44. The summed E-state index contributed by atoms with van der Waals surface area (Å²) in [6.45, 7) is 4.62. The minimum atomic E-state index is -3.59. The number of hydrogen-bond acceptors (Lipinski definition) is 4. The van der Waals surface area contributed by atoms with Gasteiger partial charge in [0.25, 0.3) is 0 Å². The summed E-state index contributed by atoms with van der Waals surface area (Å²) in [5, 5.41) is 2.75. The molecule has 1 aliphatic rings. The Morgan fingerprint density at radius 1 is 1.25 bits per heavy atom. The smallest absolute Gasteiger partial charge is 0.240 e. The molecule has 1 aromatic rings. The van der Waals surface area contributed by atoms with Crippen molar-refractivity contribution in [3.05, 3.63) is 29.8 Å². The molecule has 0 aliphatic heterocycles. The first-order chi connectivity index (χ1) is 11.3. The van der Waals surface area contributed by atoms with Crippen molar-refractivity contribution < 1.29 is 13.2 Å². The van der Waals surface area contributed by atoms with E-state index in [1.807, 2.05) is 12.1 Å². The second-order valence-electron chi connectivity index (χ2n) is 6.68. The maximum absolute atomic E-state index is 12.2. The van der Waals surface area contributed by atoms with Crippen molar-refractivity contribution in [2.45, 2.75) is 50.0 Å². The topological polar surface area (TPSA) is 101 Å². The number of rotatable bonds is 9. The summed E-state index contributed by atoms with van der Waals surface area (Å²) in [5.74, 6) is 0.682. The average Bonchev–Trinajstić information content (AvgIpc) is 3.37. The first kappa shape index (κ1) is 18.9. The normalized spacial score (nSPS) is 16.2. The van der Waals surface area contributed by atoms with Gasteiger partial charge in [-0.2, -0.15) is 0 Å². The quantitative estimate of drug-likeness (QED) is 0.623. The maximum atomic E-state index is 12.2. The summed E-state index contributed by atoms with van der Waals surface area (Å²) in [5.41, 5.74) is 6.99. The van der Waals surface area contributed by atoms with Gasteiger partial charge in [0.15, 0.2) is 0 Å². The van der Waals surface area contributed by atoms with E-state index in [9.17, 15) is 13.2 Å². The predicted octanol–water partition coefficient (Wildman–Crippen LogP) is 1.33. The summed E-state index contributed by atoms with van der Waals surface area (Å²) < 4.78 is 26.8. The number of carbonyl (C=O) groups excluding carboxylic acids is 1. The largest absolute Gasteiger partial charge is 0.354 e. The summed E-state index contributed by atoms with van der Waals surface area (Å²) in [6, 6.07) is 6.81. The highest BCUT2D eigenvalue weighted by Crippen LogP contribution is 2.31. The van der Waals surface area contributed by atoms with Gasteiger partial charge in [0.05, 0.1) is 4.90 Å². The van der Waals surface area contributed by atoms with Crippen LogP contribution in [0, 0.1) is 5.92 Å². The molecule has 24 heavy (non-hydrogen) atoms. The lowest BCUT2D eigenvalue weighted by atomic mass is 10.0. The van der Waals surface area contributed by atoms with Crippen molar-refractivity contribution in [2.24, 2.45) is 11.7 Å². The van der Waals surface area contributed by atoms with Crippen LogP contribution >= 0.6 is 0 Å². The molecule has 6 nitrogen and oxygen atoms in total. The van der Waals surface area contributed by atoms with E-state index < -0.39 is 10.0 Å². The van der Waals surface area contributed by atoms with Gasteiger partial charge >= 0.3 is 0 Å². The van der Waals surface area contributed by atoms with Gasteiger partial charge in [-0.15, -0.1) is 0 Å². The zero-order chi connectivity index (χ0) is 17.7. The van der Waals surface area contributed by atoms with Gasteiger partial charge in [0.1, 0.15) is 0 Å².